The number of benzene rings is 1. The monoisotopic (exact) mass is 503 g/mol. The summed E-state index contributed by atoms with van der Waals surface area (Å²) < 4.78 is 16.2. The Bertz CT molecular complexity index is 1450. The number of aromatic nitrogens is 3. The summed E-state index contributed by atoms with van der Waals surface area (Å²) >= 11 is 0. The Morgan fingerprint density at radius 3 is 2.42 bits per heavy atom. The Morgan fingerprint density at radius 1 is 1.08 bits per heavy atom. The number of anilines is 4. The van der Waals surface area contributed by atoms with Crippen molar-refractivity contribution in [2.45, 2.75) is 19.0 Å². The second-order valence-corrected chi connectivity index (χ2v) is 12.3. The van der Waals surface area contributed by atoms with Crippen molar-refractivity contribution in [2.75, 3.05) is 50.3 Å². The zero-order chi connectivity index (χ0) is 25.4. The minimum Gasteiger partial charge on any atom is -0.324 e. The summed E-state index contributed by atoms with van der Waals surface area (Å²) in [5.41, 5.74) is 5.36. The minimum absolute atomic E-state index is 0.283. The van der Waals surface area contributed by atoms with Crippen molar-refractivity contribution in [1.82, 2.24) is 24.8 Å². The lowest BCUT2D eigenvalue weighted by Gasteiger charge is -2.40. The molecular weight excluding hydrogens is 474 g/mol. The van der Waals surface area contributed by atoms with Crippen molar-refractivity contribution < 1.29 is 4.21 Å². The normalized spacial score (nSPS) is 16.2. The molecule has 4 heterocycles. The molecule has 0 radical (unpaired) electrons. The lowest BCUT2D eigenvalue weighted by molar-refractivity contribution is 0.210. The molecule has 0 bridgehead atoms. The molecule has 11 heteroatoms. The predicted molar refractivity (Wildman–Crippen MR) is 141 cm³/mol. The molecule has 3 aromatic rings. The number of hydrogen-bond acceptors (Lipinski definition) is 10. The average Bonchev–Trinajstić information content (AvgIpc) is 2.77. The van der Waals surface area contributed by atoms with Gasteiger partial charge in [0.25, 0.3) is 0 Å². The van der Waals surface area contributed by atoms with E-state index in [4.69, 9.17) is 0 Å². The third kappa shape index (κ3) is 5.31. The fourth-order valence-corrected chi connectivity index (χ4v) is 5.53. The number of rotatable bonds is 5. The van der Waals surface area contributed by atoms with E-state index in [0.717, 1.165) is 31.9 Å². The number of nitrogens with zero attached hydrogens (tertiary/aromatic N) is 7. The number of hydrogen-bond donors (Lipinski definition) is 2. The average molecular weight is 504 g/mol. The van der Waals surface area contributed by atoms with Crippen LogP contribution >= 0.6 is 0 Å². The largest absolute Gasteiger partial charge is 0.324 e. The molecule has 0 aliphatic carbocycles. The van der Waals surface area contributed by atoms with E-state index in [9.17, 15) is 9.47 Å². The molecule has 10 nitrogen and oxygen atoms in total. The Kier molecular flexibility index (Phi) is 6.34. The molecule has 36 heavy (non-hydrogen) atoms. The van der Waals surface area contributed by atoms with Gasteiger partial charge < -0.3 is 20.4 Å². The summed E-state index contributed by atoms with van der Waals surface area (Å²) in [5, 5.41) is 16.0. The van der Waals surface area contributed by atoms with Crippen molar-refractivity contribution in [3.63, 3.8) is 0 Å². The predicted octanol–water partition coefficient (Wildman–Crippen LogP) is 3.56. The van der Waals surface area contributed by atoms with Crippen molar-refractivity contribution >= 4 is 38.8 Å². The molecule has 0 amide bonds. The Hall–Kier alpha value is -3.59. The fraction of sp³-hybridized carbons (Fsp3) is 0.360. The van der Waals surface area contributed by atoms with Gasteiger partial charge >= 0.3 is 0 Å². The molecule has 2 aliphatic heterocycles. The molecule has 0 saturated carbocycles. The number of nitrogens with one attached hydrogen (secondary N) is 2. The van der Waals surface area contributed by atoms with E-state index in [2.05, 4.69) is 72.0 Å². The van der Waals surface area contributed by atoms with Crippen LogP contribution in [0.2, 0.25) is 0 Å². The van der Waals surface area contributed by atoms with E-state index in [1.165, 1.54) is 22.9 Å². The lowest BCUT2D eigenvalue weighted by Crippen LogP contribution is -2.40. The SMILES string of the molecule is CN1Cc2cc(Nc3ncc(C#N)c(Nc4cccc(N=S(C)(C)=O)n4)n3)cc3c2C(C1)CN(C)C3. The van der Waals surface area contributed by atoms with Crippen LogP contribution in [-0.4, -0.2) is 68.7 Å². The first-order valence-corrected chi connectivity index (χ1v) is 14.0. The maximum atomic E-state index is 12.0. The molecule has 2 aliphatic rings. The van der Waals surface area contributed by atoms with E-state index in [-0.39, 0.29) is 5.56 Å². The first kappa shape index (κ1) is 24.1. The van der Waals surface area contributed by atoms with Gasteiger partial charge in [-0.05, 0) is 55.1 Å². The maximum absolute atomic E-state index is 12.0. The highest BCUT2D eigenvalue weighted by Crippen LogP contribution is 2.37. The Balaban J connectivity index is 1.44. The molecule has 0 fully saturated rings. The molecule has 2 aromatic heterocycles. The van der Waals surface area contributed by atoms with Gasteiger partial charge in [-0.1, -0.05) is 6.07 Å². The van der Waals surface area contributed by atoms with Crippen LogP contribution in [0.25, 0.3) is 0 Å². The standard InChI is InChI=1S/C25H29N9OS/c1-33-12-16-8-20(9-17-13-34(2)15-19(14-33)23(16)17)28-25-27-11-18(10-26)24(31-25)30-21-6-5-7-22(29-21)32-36(3,4)35/h5-9,11,19H,12-15H2,1-4H3,(H2,27,28,29,30,31). The molecule has 0 unspecified atom stereocenters. The molecule has 186 valence electrons. The highest BCUT2D eigenvalue weighted by molar-refractivity contribution is 7.92. The van der Waals surface area contributed by atoms with Crippen molar-refractivity contribution in [1.29, 1.82) is 5.26 Å². The van der Waals surface area contributed by atoms with Crippen LogP contribution < -0.4 is 10.6 Å². The summed E-state index contributed by atoms with van der Waals surface area (Å²) in [5.74, 6) is 2.01. The van der Waals surface area contributed by atoms with Crippen LogP contribution in [0.15, 0.2) is 40.9 Å². The van der Waals surface area contributed by atoms with E-state index in [1.807, 2.05) is 0 Å². The molecule has 1 aromatic carbocycles. The van der Waals surface area contributed by atoms with E-state index in [0.29, 0.717) is 29.3 Å². The second kappa shape index (κ2) is 9.46. The number of nitriles is 1. The Morgan fingerprint density at radius 2 is 1.78 bits per heavy atom. The van der Waals surface area contributed by atoms with E-state index >= 15 is 0 Å². The summed E-state index contributed by atoms with van der Waals surface area (Å²) in [7, 11) is 1.97. The molecule has 0 atom stereocenters. The third-order valence-electron chi connectivity index (χ3n) is 6.16. The van der Waals surface area contributed by atoms with Gasteiger partial charge in [0.15, 0.2) is 11.6 Å². The van der Waals surface area contributed by atoms with E-state index < -0.39 is 9.73 Å². The molecule has 5 rings (SSSR count). The molecular formula is C25H29N9OS. The first-order valence-electron chi connectivity index (χ1n) is 11.6. The highest BCUT2D eigenvalue weighted by Gasteiger charge is 2.31. The summed E-state index contributed by atoms with van der Waals surface area (Å²) in [6.07, 6.45) is 4.59. The summed E-state index contributed by atoms with van der Waals surface area (Å²) in [4.78, 5) is 18.0. The van der Waals surface area contributed by atoms with Crippen molar-refractivity contribution in [2.24, 2.45) is 4.36 Å². The Labute approximate surface area is 211 Å². The zero-order valence-corrected chi connectivity index (χ0v) is 21.6. The zero-order valence-electron chi connectivity index (χ0n) is 20.8. The third-order valence-corrected chi connectivity index (χ3v) is 6.79. The number of likely N-dealkylation sites (N-methyl/N-ethyl adjacent to an activating group) is 2. The van der Waals surface area contributed by atoms with Crippen LogP contribution in [0.4, 0.5) is 29.1 Å². The minimum atomic E-state index is -2.35. The topological polar surface area (TPSA) is 122 Å². The smallest absolute Gasteiger partial charge is 0.229 e. The van der Waals surface area contributed by atoms with Crippen LogP contribution in [0, 0.1) is 11.3 Å². The van der Waals surface area contributed by atoms with Crippen LogP contribution in [0.5, 0.6) is 0 Å². The fourth-order valence-electron chi connectivity index (χ4n) is 4.98. The highest BCUT2D eigenvalue weighted by atomic mass is 32.2. The van der Waals surface area contributed by atoms with E-state index in [1.54, 1.807) is 30.7 Å². The van der Waals surface area contributed by atoms with Gasteiger partial charge in [0, 0.05) is 60.0 Å². The number of pyridine rings is 1. The first-order chi connectivity index (χ1) is 17.2. The van der Waals surface area contributed by atoms with Crippen LogP contribution in [0.1, 0.15) is 28.2 Å². The maximum Gasteiger partial charge on any atom is 0.229 e. The van der Waals surface area contributed by atoms with Crippen molar-refractivity contribution in [3.05, 3.63) is 58.8 Å². The van der Waals surface area contributed by atoms with Gasteiger partial charge in [0.2, 0.25) is 5.95 Å². The lowest BCUT2D eigenvalue weighted by atomic mass is 9.82. The molecule has 0 saturated heterocycles. The van der Waals surface area contributed by atoms with Gasteiger partial charge in [0.1, 0.15) is 17.5 Å². The summed E-state index contributed by atoms with van der Waals surface area (Å²) in [6, 6.07) is 11.7. The van der Waals surface area contributed by atoms with Gasteiger partial charge in [-0.25, -0.2) is 14.2 Å². The van der Waals surface area contributed by atoms with Crippen LogP contribution in [-0.2, 0) is 22.8 Å². The van der Waals surface area contributed by atoms with Gasteiger partial charge in [-0.2, -0.15) is 14.6 Å². The summed E-state index contributed by atoms with van der Waals surface area (Å²) in [6.45, 7) is 3.96. The molecule has 2 N–H and O–H groups in total. The van der Waals surface area contributed by atoms with Gasteiger partial charge in [0.05, 0.1) is 6.20 Å². The molecule has 0 spiro atoms. The van der Waals surface area contributed by atoms with Crippen molar-refractivity contribution in [3.8, 4) is 6.07 Å². The quantitative estimate of drug-likeness (QED) is 0.538. The van der Waals surface area contributed by atoms with Gasteiger partial charge in [-0.15, -0.1) is 0 Å². The van der Waals surface area contributed by atoms with Crippen LogP contribution in [0.3, 0.4) is 0 Å². The van der Waals surface area contributed by atoms with Gasteiger partial charge in [-0.3, -0.25) is 0 Å². The second-order valence-electron chi connectivity index (χ2n) is 9.77.